The normalized spacial score (nSPS) is 15.4. The number of hydrogen-bond acceptors (Lipinski definition) is 4. The highest BCUT2D eigenvalue weighted by Crippen LogP contribution is 2.45. The maximum atomic E-state index is 14.0. The number of hydrogen-bond donors (Lipinski definition) is 2. The summed E-state index contributed by atoms with van der Waals surface area (Å²) in [5.41, 5.74) is 5.60. The molecule has 6 rings (SSSR count). The van der Waals surface area contributed by atoms with Gasteiger partial charge in [0.2, 0.25) is 0 Å². The zero-order valence-corrected chi connectivity index (χ0v) is 20.6. The Kier molecular flexibility index (Phi) is 5.30. The van der Waals surface area contributed by atoms with Crippen molar-refractivity contribution in [3.05, 3.63) is 106 Å². The van der Waals surface area contributed by atoms with Crippen LogP contribution >= 0.6 is 0 Å². The van der Waals surface area contributed by atoms with E-state index in [0.29, 0.717) is 33.9 Å². The lowest BCUT2D eigenvalue weighted by molar-refractivity contribution is 0.127. The van der Waals surface area contributed by atoms with Gasteiger partial charge < -0.3 is 14.6 Å². The minimum Gasteiger partial charge on any atom is -0.376 e. The summed E-state index contributed by atoms with van der Waals surface area (Å²) in [5, 5.41) is 16.8. The van der Waals surface area contributed by atoms with Gasteiger partial charge in [-0.05, 0) is 79.6 Å². The molecule has 0 bridgehead atoms. The highest BCUT2D eigenvalue weighted by Gasteiger charge is 2.38. The smallest absolute Gasteiger partial charge is 0.142 e. The number of aliphatic hydroxyl groups is 1. The molecule has 0 aliphatic heterocycles. The van der Waals surface area contributed by atoms with Crippen LogP contribution in [0.4, 0.5) is 4.39 Å². The molecular weight excluding hydrogens is 453 g/mol. The van der Waals surface area contributed by atoms with E-state index in [0.717, 1.165) is 47.4 Å². The number of aromatic amines is 1. The molecule has 2 N–H and O–H groups in total. The Hall–Kier alpha value is -3.77. The molecule has 3 aromatic carbocycles. The average molecular weight is 482 g/mol. The van der Waals surface area contributed by atoms with Gasteiger partial charge in [-0.1, -0.05) is 48.5 Å². The zero-order valence-electron chi connectivity index (χ0n) is 20.6. The van der Waals surface area contributed by atoms with E-state index < -0.39 is 5.60 Å². The summed E-state index contributed by atoms with van der Waals surface area (Å²) < 4.78 is 19.4. The molecule has 1 aliphatic rings. The van der Waals surface area contributed by atoms with E-state index in [4.69, 9.17) is 9.51 Å². The van der Waals surface area contributed by atoms with Crippen LogP contribution < -0.4 is 0 Å². The second-order valence-electron chi connectivity index (χ2n) is 9.78. The van der Waals surface area contributed by atoms with Crippen LogP contribution in [0.25, 0.3) is 22.2 Å². The number of aryl methyl sites for hydroxylation is 3. The van der Waals surface area contributed by atoms with Crippen molar-refractivity contribution in [3.8, 4) is 11.1 Å². The summed E-state index contributed by atoms with van der Waals surface area (Å²) in [7, 11) is 0. The fraction of sp³-hybridized carbons (Fsp3) is 0.267. The fourth-order valence-corrected chi connectivity index (χ4v) is 5.15. The molecule has 1 atom stereocenters. The molecule has 0 saturated heterocycles. The molecule has 1 unspecified atom stereocenters. The van der Waals surface area contributed by atoms with Crippen molar-refractivity contribution in [1.29, 1.82) is 0 Å². The Balaban J connectivity index is 1.68. The van der Waals surface area contributed by atoms with Crippen molar-refractivity contribution in [1.82, 2.24) is 15.1 Å². The topological polar surface area (TPSA) is 74.9 Å². The van der Waals surface area contributed by atoms with Crippen LogP contribution in [-0.4, -0.2) is 20.2 Å². The zero-order chi connectivity index (χ0) is 25.0. The highest BCUT2D eigenvalue weighted by molar-refractivity contribution is 5.88. The quantitative estimate of drug-likeness (QED) is 0.265. The lowest BCUT2D eigenvalue weighted by Gasteiger charge is -2.31. The number of H-pyrrole nitrogens is 1. The minimum absolute atomic E-state index is 0.354. The van der Waals surface area contributed by atoms with Crippen LogP contribution in [0.2, 0.25) is 0 Å². The van der Waals surface area contributed by atoms with Gasteiger partial charge in [-0.2, -0.15) is 0 Å². The van der Waals surface area contributed by atoms with Crippen LogP contribution in [0.3, 0.4) is 0 Å². The number of rotatable bonds is 6. The van der Waals surface area contributed by atoms with E-state index in [-0.39, 0.29) is 5.82 Å². The number of nitrogens with zero attached hydrogens (tertiary/aromatic N) is 2. The first-order chi connectivity index (χ1) is 17.4. The Bertz CT molecular complexity index is 1540. The molecule has 5 nitrogen and oxygen atoms in total. The highest BCUT2D eigenvalue weighted by atomic mass is 19.1. The first kappa shape index (κ1) is 22.7. The molecular formula is C30H28FN3O2. The summed E-state index contributed by atoms with van der Waals surface area (Å²) in [6, 6.07) is 18.0. The van der Waals surface area contributed by atoms with E-state index in [1.54, 1.807) is 12.1 Å². The van der Waals surface area contributed by atoms with Gasteiger partial charge in [-0.15, -0.1) is 0 Å². The van der Waals surface area contributed by atoms with E-state index in [1.165, 1.54) is 17.7 Å². The minimum atomic E-state index is -1.57. The van der Waals surface area contributed by atoms with Gasteiger partial charge in [0, 0.05) is 17.0 Å². The summed E-state index contributed by atoms with van der Waals surface area (Å²) in [4.78, 5) is 8.49. The average Bonchev–Trinajstić information content (AvgIpc) is 3.57. The van der Waals surface area contributed by atoms with Crippen LogP contribution in [-0.2, 0) is 12.0 Å². The standard InChI is InChI=1S/C30H28FN3O2/c1-4-19-5-9-22(10-6-19)30(35,23-11-13-24(31)14-12-23)25-15-21(27-17(2)34-36-18(27)3)16-26-28(25)33-29(32-26)20-7-8-20/h5-6,9-16,20,35H,4,7-8H2,1-3H3,(H,32,33). The molecule has 5 aromatic rings. The maximum absolute atomic E-state index is 14.0. The summed E-state index contributed by atoms with van der Waals surface area (Å²) in [6.07, 6.45) is 3.10. The third kappa shape index (κ3) is 3.64. The number of nitrogens with one attached hydrogen (secondary N) is 1. The van der Waals surface area contributed by atoms with E-state index in [2.05, 4.69) is 23.1 Å². The first-order valence-electron chi connectivity index (χ1n) is 12.4. The van der Waals surface area contributed by atoms with Crippen molar-refractivity contribution in [2.24, 2.45) is 0 Å². The molecule has 1 fully saturated rings. The summed E-state index contributed by atoms with van der Waals surface area (Å²) in [6.45, 7) is 5.90. The van der Waals surface area contributed by atoms with Gasteiger partial charge >= 0.3 is 0 Å². The molecule has 1 aliphatic carbocycles. The monoisotopic (exact) mass is 481 g/mol. The second-order valence-corrected chi connectivity index (χ2v) is 9.78. The summed E-state index contributed by atoms with van der Waals surface area (Å²) >= 11 is 0. The third-order valence-electron chi connectivity index (χ3n) is 7.32. The van der Waals surface area contributed by atoms with E-state index in [9.17, 15) is 9.50 Å². The lowest BCUT2D eigenvalue weighted by Crippen LogP contribution is -2.29. The third-order valence-corrected chi connectivity index (χ3v) is 7.32. The Labute approximate surface area is 209 Å². The van der Waals surface area contributed by atoms with Gasteiger partial charge in [-0.3, -0.25) is 0 Å². The van der Waals surface area contributed by atoms with Crippen molar-refractivity contribution in [2.45, 2.75) is 51.6 Å². The Morgan fingerprint density at radius 2 is 1.69 bits per heavy atom. The predicted molar refractivity (Wildman–Crippen MR) is 137 cm³/mol. The van der Waals surface area contributed by atoms with Crippen molar-refractivity contribution in [2.75, 3.05) is 0 Å². The number of aromatic nitrogens is 3. The molecule has 182 valence electrons. The number of halogens is 1. The van der Waals surface area contributed by atoms with Crippen LogP contribution in [0.15, 0.2) is 65.2 Å². The van der Waals surface area contributed by atoms with Crippen molar-refractivity contribution in [3.63, 3.8) is 0 Å². The van der Waals surface area contributed by atoms with Gasteiger partial charge in [-0.25, -0.2) is 9.37 Å². The number of imidazole rings is 1. The maximum Gasteiger partial charge on any atom is 0.142 e. The molecule has 0 amide bonds. The molecule has 6 heteroatoms. The number of fused-ring (bicyclic) bond motifs is 1. The van der Waals surface area contributed by atoms with Crippen LogP contribution in [0, 0.1) is 19.7 Å². The van der Waals surface area contributed by atoms with Gasteiger partial charge in [0.25, 0.3) is 0 Å². The Morgan fingerprint density at radius 3 is 2.28 bits per heavy atom. The van der Waals surface area contributed by atoms with Crippen molar-refractivity contribution >= 4 is 11.0 Å². The number of benzene rings is 3. The molecule has 0 radical (unpaired) electrons. The van der Waals surface area contributed by atoms with E-state index >= 15 is 0 Å². The molecule has 36 heavy (non-hydrogen) atoms. The lowest BCUT2D eigenvalue weighted by atomic mass is 9.78. The molecule has 1 saturated carbocycles. The first-order valence-corrected chi connectivity index (χ1v) is 12.4. The van der Waals surface area contributed by atoms with Crippen molar-refractivity contribution < 1.29 is 14.0 Å². The van der Waals surface area contributed by atoms with E-state index in [1.807, 2.05) is 44.2 Å². The van der Waals surface area contributed by atoms with Crippen LogP contribution in [0.5, 0.6) is 0 Å². The van der Waals surface area contributed by atoms with Gasteiger partial charge in [0.1, 0.15) is 23.0 Å². The van der Waals surface area contributed by atoms with Gasteiger partial charge in [0.05, 0.1) is 16.7 Å². The summed E-state index contributed by atoms with van der Waals surface area (Å²) in [5.74, 6) is 1.70. The molecule has 0 spiro atoms. The molecule has 2 aromatic heterocycles. The largest absolute Gasteiger partial charge is 0.376 e. The SMILES string of the molecule is CCc1ccc(C(O)(c2ccc(F)cc2)c2cc(-c3c(C)noc3C)cc3[nH]c(C4CC4)nc23)cc1. The second kappa shape index (κ2) is 8.42. The van der Waals surface area contributed by atoms with Crippen LogP contribution in [0.1, 0.15) is 65.2 Å². The fourth-order valence-electron chi connectivity index (χ4n) is 5.15. The Morgan fingerprint density at radius 1 is 1.03 bits per heavy atom. The predicted octanol–water partition coefficient (Wildman–Crippen LogP) is 6.70. The molecule has 2 heterocycles. The van der Waals surface area contributed by atoms with Gasteiger partial charge in [0.15, 0.2) is 0 Å².